The Bertz CT molecular complexity index is 1050. The predicted molar refractivity (Wildman–Crippen MR) is 140 cm³/mol. The second-order valence-corrected chi connectivity index (χ2v) is 10.1. The average Bonchev–Trinajstić information content (AvgIpc) is 3.59. The van der Waals surface area contributed by atoms with E-state index in [-0.39, 0.29) is 30.4 Å². The number of rotatable bonds is 11. The quantitative estimate of drug-likeness (QED) is 0.358. The van der Waals surface area contributed by atoms with E-state index >= 15 is 0 Å². The van der Waals surface area contributed by atoms with Crippen molar-refractivity contribution in [3.8, 4) is 0 Å². The smallest absolute Gasteiger partial charge is 0.242 e. The molecule has 1 fully saturated rings. The van der Waals surface area contributed by atoms with Gasteiger partial charge in [-0.15, -0.1) is 11.3 Å². The third-order valence-electron chi connectivity index (χ3n) is 6.49. The third kappa shape index (κ3) is 7.03. The molecule has 1 aromatic heterocycles. The van der Waals surface area contributed by atoms with E-state index in [1.165, 1.54) is 0 Å². The van der Waals surface area contributed by atoms with Crippen LogP contribution >= 0.6 is 11.3 Å². The lowest BCUT2D eigenvalue weighted by atomic mass is 9.94. The van der Waals surface area contributed by atoms with E-state index in [1.807, 2.05) is 90.0 Å². The number of amides is 2. The normalized spacial score (nSPS) is 16.1. The first kappa shape index (κ1) is 25.1. The van der Waals surface area contributed by atoms with Gasteiger partial charge in [-0.2, -0.15) is 0 Å². The van der Waals surface area contributed by atoms with Crippen molar-refractivity contribution in [2.45, 2.75) is 51.3 Å². The minimum Gasteiger partial charge on any atom is -0.376 e. The molecule has 2 heterocycles. The maximum Gasteiger partial charge on any atom is 0.242 e. The molecule has 0 spiro atoms. The summed E-state index contributed by atoms with van der Waals surface area (Å²) in [6.07, 6.45) is 2.58. The van der Waals surface area contributed by atoms with Crippen molar-refractivity contribution < 1.29 is 14.3 Å². The van der Waals surface area contributed by atoms with Crippen molar-refractivity contribution in [2.24, 2.45) is 0 Å². The summed E-state index contributed by atoms with van der Waals surface area (Å²) in [5, 5.41) is 2.03. The number of hydrogen-bond acceptors (Lipinski definition) is 4. The Balaban J connectivity index is 1.55. The maximum absolute atomic E-state index is 13.8. The second-order valence-electron chi connectivity index (χ2n) is 9.04. The number of hydrogen-bond donors (Lipinski definition) is 0. The topological polar surface area (TPSA) is 49.9 Å². The highest BCUT2D eigenvalue weighted by molar-refractivity contribution is 7.09. The third-order valence-corrected chi connectivity index (χ3v) is 7.35. The summed E-state index contributed by atoms with van der Waals surface area (Å²) < 4.78 is 5.86. The van der Waals surface area contributed by atoms with Gasteiger partial charge < -0.3 is 14.5 Å². The molecular formula is C29H34N2O3S. The first-order chi connectivity index (χ1) is 17.1. The number of ether oxygens (including phenoxy) is 1. The van der Waals surface area contributed by atoms with E-state index in [4.69, 9.17) is 4.74 Å². The molecule has 0 aliphatic carbocycles. The Morgan fingerprint density at radius 3 is 2.34 bits per heavy atom. The average molecular weight is 491 g/mol. The predicted octanol–water partition coefficient (Wildman–Crippen LogP) is 5.48. The van der Waals surface area contributed by atoms with Crippen LogP contribution in [0, 0.1) is 0 Å². The first-order valence-electron chi connectivity index (χ1n) is 12.4. The summed E-state index contributed by atoms with van der Waals surface area (Å²) in [5.74, 6) is -0.319. The van der Waals surface area contributed by atoms with E-state index < -0.39 is 0 Å². The molecule has 6 heteroatoms. The molecule has 0 bridgehead atoms. The Morgan fingerprint density at radius 1 is 0.971 bits per heavy atom. The van der Waals surface area contributed by atoms with Gasteiger partial charge in [-0.05, 0) is 41.8 Å². The molecule has 1 saturated heterocycles. The maximum atomic E-state index is 13.8. The number of thiophene rings is 1. The van der Waals surface area contributed by atoms with Crippen LogP contribution in [-0.4, -0.2) is 47.4 Å². The van der Waals surface area contributed by atoms with Gasteiger partial charge in [0.05, 0.1) is 25.1 Å². The summed E-state index contributed by atoms with van der Waals surface area (Å²) in [7, 11) is 0. The highest BCUT2D eigenvalue weighted by Gasteiger charge is 2.30. The largest absolute Gasteiger partial charge is 0.376 e. The van der Waals surface area contributed by atoms with Crippen LogP contribution < -0.4 is 0 Å². The molecule has 4 rings (SSSR count). The zero-order chi connectivity index (χ0) is 24.5. The van der Waals surface area contributed by atoms with Crippen LogP contribution in [0.15, 0.2) is 78.2 Å². The summed E-state index contributed by atoms with van der Waals surface area (Å²) in [6, 6.07) is 24.0. The minimum absolute atomic E-state index is 0.00154. The molecule has 2 aromatic carbocycles. The number of carbonyl (C=O) groups is 2. The van der Waals surface area contributed by atoms with Crippen LogP contribution in [0.3, 0.4) is 0 Å². The molecule has 5 nitrogen and oxygen atoms in total. The van der Waals surface area contributed by atoms with Crippen LogP contribution in [0.1, 0.15) is 48.1 Å². The van der Waals surface area contributed by atoms with Gasteiger partial charge in [0.1, 0.15) is 0 Å². The Kier molecular flexibility index (Phi) is 9.09. The first-order valence-corrected chi connectivity index (χ1v) is 13.3. The van der Waals surface area contributed by atoms with Gasteiger partial charge in [0, 0.05) is 24.6 Å². The van der Waals surface area contributed by atoms with E-state index in [2.05, 4.69) is 0 Å². The molecule has 0 saturated carbocycles. The van der Waals surface area contributed by atoms with Crippen molar-refractivity contribution in [2.75, 3.05) is 19.7 Å². The lowest BCUT2D eigenvalue weighted by molar-refractivity contribution is -0.143. The Labute approximate surface area is 212 Å². The van der Waals surface area contributed by atoms with Gasteiger partial charge in [-0.1, -0.05) is 73.7 Å². The molecule has 3 aromatic rings. The zero-order valence-corrected chi connectivity index (χ0v) is 21.2. The van der Waals surface area contributed by atoms with E-state index in [0.717, 1.165) is 35.5 Å². The molecule has 1 aliphatic heterocycles. The highest BCUT2D eigenvalue weighted by atomic mass is 32.1. The van der Waals surface area contributed by atoms with Crippen molar-refractivity contribution in [1.82, 2.24) is 9.80 Å². The molecule has 1 aliphatic rings. The van der Waals surface area contributed by atoms with Crippen molar-refractivity contribution in [3.63, 3.8) is 0 Å². The number of carbonyl (C=O) groups excluding carboxylic acids is 2. The number of benzene rings is 2. The van der Waals surface area contributed by atoms with Gasteiger partial charge in [-0.3, -0.25) is 9.59 Å². The second kappa shape index (κ2) is 12.7. The monoisotopic (exact) mass is 490 g/mol. The lowest BCUT2D eigenvalue weighted by Crippen LogP contribution is -2.46. The molecule has 0 radical (unpaired) electrons. The highest BCUT2D eigenvalue weighted by Crippen LogP contribution is 2.24. The fourth-order valence-corrected chi connectivity index (χ4v) is 5.33. The molecule has 35 heavy (non-hydrogen) atoms. The SMILES string of the molecule is CCC(C(=O)N(CC(=O)N(Cc1ccccc1)Cc1cccs1)CC1CCCO1)c1ccccc1. The van der Waals surface area contributed by atoms with Gasteiger partial charge in [0.25, 0.3) is 0 Å². The Hall–Kier alpha value is -2.96. The van der Waals surface area contributed by atoms with Gasteiger partial charge in [-0.25, -0.2) is 0 Å². The van der Waals surface area contributed by atoms with Crippen LogP contribution in [0.5, 0.6) is 0 Å². The van der Waals surface area contributed by atoms with Crippen LogP contribution in [0.4, 0.5) is 0 Å². The Morgan fingerprint density at radius 2 is 1.71 bits per heavy atom. The molecule has 0 N–H and O–H groups in total. The van der Waals surface area contributed by atoms with Gasteiger partial charge in [0.2, 0.25) is 11.8 Å². The summed E-state index contributed by atoms with van der Waals surface area (Å²) in [4.78, 5) is 32.2. The van der Waals surface area contributed by atoms with Crippen molar-refractivity contribution in [3.05, 3.63) is 94.2 Å². The standard InChI is InChI=1S/C29H34N2O3S/c1-2-27(24-13-7-4-8-14-24)29(33)31(20-25-15-9-17-34-25)22-28(32)30(21-26-16-10-18-35-26)19-23-11-5-3-6-12-23/h3-8,10-14,16,18,25,27H,2,9,15,17,19-22H2,1H3. The molecule has 2 atom stereocenters. The van der Waals surface area contributed by atoms with E-state index in [0.29, 0.717) is 26.1 Å². The zero-order valence-electron chi connectivity index (χ0n) is 20.3. The minimum atomic E-state index is -0.273. The fraction of sp³-hybridized carbons (Fsp3) is 0.379. The van der Waals surface area contributed by atoms with Crippen LogP contribution in [0.25, 0.3) is 0 Å². The number of nitrogens with zero attached hydrogens (tertiary/aromatic N) is 2. The molecule has 2 unspecified atom stereocenters. The van der Waals surface area contributed by atoms with Crippen molar-refractivity contribution in [1.29, 1.82) is 0 Å². The summed E-state index contributed by atoms with van der Waals surface area (Å²) in [5.41, 5.74) is 2.06. The lowest BCUT2D eigenvalue weighted by Gasteiger charge is -2.31. The van der Waals surface area contributed by atoms with Gasteiger partial charge >= 0.3 is 0 Å². The summed E-state index contributed by atoms with van der Waals surface area (Å²) >= 11 is 1.64. The van der Waals surface area contributed by atoms with Crippen molar-refractivity contribution >= 4 is 23.2 Å². The van der Waals surface area contributed by atoms with Gasteiger partial charge in [0.15, 0.2) is 0 Å². The summed E-state index contributed by atoms with van der Waals surface area (Å²) in [6.45, 7) is 4.29. The fourth-order valence-electron chi connectivity index (χ4n) is 4.62. The van der Waals surface area contributed by atoms with E-state index in [9.17, 15) is 9.59 Å². The van der Waals surface area contributed by atoms with Crippen LogP contribution in [-0.2, 0) is 27.4 Å². The molecular weight excluding hydrogens is 456 g/mol. The van der Waals surface area contributed by atoms with Crippen LogP contribution in [0.2, 0.25) is 0 Å². The molecule has 2 amide bonds. The molecule has 184 valence electrons. The van der Waals surface area contributed by atoms with E-state index in [1.54, 1.807) is 16.2 Å².